The molecule has 1 aromatic carbocycles. The van der Waals surface area contributed by atoms with E-state index in [4.69, 9.17) is 23.2 Å². The first kappa shape index (κ1) is 13.7. The lowest BCUT2D eigenvalue weighted by Crippen LogP contribution is -2.14. The third-order valence-corrected chi connectivity index (χ3v) is 2.64. The molecule has 0 aliphatic rings. The Kier molecular flexibility index (Phi) is 5.73. The Bertz CT molecular complexity index is 425. The number of carbonyl (C=O) groups is 1. The van der Waals surface area contributed by atoms with Crippen LogP contribution in [0.3, 0.4) is 0 Å². The molecule has 5 heteroatoms. The maximum atomic E-state index is 10.8. The van der Waals surface area contributed by atoms with Gasteiger partial charge in [-0.25, -0.2) is 5.01 Å². The van der Waals surface area contributed by atoms with Crippen molar-refractivity contribution in [3.05, 3.63) is 46.0 Å². The summed E-state index contributed by atoms with van der Waals surface area (Å²) in [7, 11) is 0. The average Bonchev–Trinajstić information content (AvgIpc) is 2.35. The number of benzene rings is 1. The van der Waals surface area contributed by atoms with E-state index in [0.717, 1.165) is 5.56 Å². The topological polar surface area (TPSA) is 32.7 Å². The molecule has 0 atom stereocenters. The van der Waals surface area contributed by atoms with Gasteiger partial charge in [-0.05, 0) is 12.5 Å². The summed E-state index contributed by atoms with van der Waals surface area (Å²) in [6.07, 6.45) is 1.98. The molecular formula is C12H12Cl2N2O. The number of amides is 1. The van der Waals surface area contributed by atoms with E-state index in [2.05, 4.69) is 5.10 Å². The highest BCUT2D eigenvalue weighted by Crippen LogP contribution is 2.10. The fourth-order valence-electron chi connectivity index (χ4n) is 1.09. The van der Waals surface area contributed by atoms with E-state index in [9.17, 15) is 4.79 Å². The van der Waals surface area contributed by atoms with E-state index in [1.54, 1.807) is 6.92 Å². The molecule has 90 valence electrons. The highest BCUT2D eigenvalue weighted by atomic mass is 35.5. The molecule has 0 N–H and O–H groups in total. The zero-order valence-electron chi connectivity index (χ0n) is 9.31. The van der Waals surface area contributed by atoms with Crippen molar-refractivity contribution in [1.29, 1.82) is 0 Å². The highest BCUT2D eigenvalue weighted by Gasteiger charge is 2.00. The molecule has 0 heterocycles. The molecular weight excluding hydrogens is 259 g/mol. The van der Waals surface area contributed by atoms with Crippen molar-refractivity contribution in [3.8, 4) is 0 Å². The van der Waals surface area contributed by atoms with E-state index in [1.807, 2.05) is 30.3 Å². The molecule has 1 rings (SSSR count). The Morgan fingerprint density at radius 2 is 2.00 bits per heavy atom. The smallest absolute Gasteiger partial charge is 0.230 e. The molecule has 0 aliphatic carbocycles. The maximum Gasteiger partial charge on any atom is 0.230 e. The quantitative estimate of drug-likeness (QED) is 0.459. The first-order valence-corrected chi connectivity index (χ1v) is 5.71. The van der Waals surface area contributed by atoms with Gasteiger partial charge in [-0.15, -0.1) is 0 Å². The standard InChI is InChI=1S/C12H12Cl2N2O/c1-10(13)12(14)7-15-16(9-17)8-11-5-3-2-4-6-11/h2-7,9H,8H2,1H3/b12-10-,15-7-. The lowest BCUT2D eigenvalue weighted by atomic mass is 10.2. The fourth-order valence-corrected chi connectivity index (χ4v) is 1.18. The molecule has 0 aliphatic heterocycles. The van der Waals surface area contributed by atoms with E-state index >= 15 is 0 Å². The van der Waals surface area contributed by atoms with Crippen molar-refractivity contribution in [2.75, 3.05) is 0 Å². The lowest BCUT2D eigenvalue weighted by Gasteiger charge is -2.10. The second-order valence-electron chi connectivity index (χ2n) is 3.31. The van der Waals surface area contributed by atoms with Crippen molar-refractivity contribution in [2.45, 2.75) is 13.5 Å². The largest absolute Gasteiger partial charge is 0.277 e. The molecule has 1 aromatic rings. The van der Waals surface area contributed by atoms with Crippen LogP contribution in [0.5, 0.6) is 0 Å². The number of hydrazone groups is 1. The Labute approximate surface area is 110 Å². The molecule has 0 saturated heterocycles. The predicted octanol–water partition coefficient (Wildman–Crippen LogP) is 3.34. The van der Waals surface area contributed by atoms with Gasteiger partial charge < -0.3 is 0 Å². The molecule has 0 unspecified atom stereocenters. The second kappa shape index (κ2) is 7.09. The van der Waals surface area contributed by atoms with Gasteiger partial charge in [0, 0.05) is 5.03 Å². The van der Waals surface area contributed by atoms with Crippen LogP contribution in [0.25, 0.3) is 0 Å². The van der Waals surface area contributed by atoms with Gasteiger partial charge in [0.25, 0.3) is 0 Å². The number of hydrogen-bond donors (Lipinski definition) is 0. The van der Waals surface area contributed by atoms with Crippen LogP contribution in [0.1, 0.15) is 12.5 Å². The Balaban J connectivity index is 2.68. The van der Waals surface area contributed by atoms with Crippen molar-refractivity contribution in [1.82, 2.24) is 5.01 Å². The van der Waals surface area contributed by atoms with Crippen molar-refractivity contribution >= 4 is 35.8 Å². The summed E-state index contributed by atoms with van der Waals surface area (Å²) in [6, 6.07) is 9.54. The zero-order valence-corrected chi connectivity index (χ0v) is 10.8. The van der Waals surface area contributed by atoms with Crippen molar-refractivity contribution < 1.29 is 4.79 Å². The molecule has 0 spiro atoms. The van der Waals surface area contributed by atoms with Crippen LogP contribution in [0.2, 0.25) is 0 Å². The molecule has 3 nitrogen and oxygen atoms in total. The monoisotopic (exact) mass is 270 g/mol. The van der Waals surface area contributed by atoms with Gasteiger partial charge in [-0.3, -0.25) is 4.79 Å². The molecule has 0 bridgehead atoms. The Morgan fingerprint density at radius 1 is 1.35 bits per heavy atom. The number of allylic oxidation sites excluding steroid dienone is 2. The minimum Gasteiger partial charge on any atom is -0.277 e. The first-order chi connectivity index (χ1) is 8.13. The fraction of sp³-hybridized carbons (Fsp3) is 0.167. The minimum absolute atomic E-state index is 0.312. The maximum absolute atomic E-state index is 10.8. The van der Waals surface area contributed by atoms with Gasteiger partial charge >= 0.3 is 0 Å². The summed E-state index contributed by atoms with van der Waals surface area (Å²) < 4.78 is 0. The Morgan fingerprint density at radius 3 is 2.53 bits per heavy atom. The lowest BCUT2D eigenvalue weighted by molar-refractivity contribution is -0.118. The Hall–Kier alpha value is -1.32. The van der Waals surface area contributed by atoms with E-state index in [1.165, 1.54) is 11.2 Å². The summed E-state index contributed by atoms with van der Waals surface area (Å²) in [5.41, 5.74) is 0.986. The van der Waals surface area contributed by atoms with Gasteiger partial charge in [0.15, 0.2) is 0 Å². The van der Waals surface area contributed by atoms with Crippen LogP contribution in [0.4, 0.5) is 0 Å². The van der Waals surface area contributed by atoms with Crippen LogP contribution < -0.4 is 0 Å². The first-order valence-electron chi connectivity index (χ1n) is 4.95. The number of halogens is 2. The second-order valence-corrected chi connectivity index (χ2v) is 4.29. The third-order valence-electron chi connectivity index (χ3n) is 1.96. The van der Waals surface area contributed by atoms with E-state index < -0.39 is 0 Å². The zero-order chi connectivity index (χ0) is 12.7. The molecule has 1 amide bonds. The molecule has 0 radical (unpaired) electrons. The van der Waals surface area contributed by atoms with E-state index in [-0.39, 0.29) is 0 Å². The van der Waals surface area contributed by atoms with Crippen LogP contribution in [0, 0.1) is 0 Å². The number of carbonyl (C=O) groups excluding carboxylic acids is 1. The summed E-state index contributed by atoms with van der Waals surface area (Å²) in [6.45, 7) is 2.05. The van der Waals surface area contributed by atoms with Crippen LogP contribution in [-0.4, -0.2) is 17.6 Å². The predicted molar refractivity (Wildman–Crippen MR) is 70.9 cm³/mol. The highest BCUT2D eigenvalue weighted by molar-refractivity contribution is 6.45. The van der Waals surface area contributed by atoms with Crippen molar-refractivity contribution in [3.63, 3.8) is 0 Å². The molecule has 17 heavy (non-hydrogen) atoms. The average molecular weight is 271 g/mol. The summed E-state index contributed by atoms with van der Waals surface area (Å²) in [4.78, 5) is 10.8. The number of nitrogens with zero attached hydrogens (tertiary/aromatic N) is 2. The normalized spacial score (nSPS) is 12.4. The van der Waals surface area contributed by atoms with E-state index in [0.29, 0.717) is 23.0 Å². The van der Waals surface area contributed by atoms with Crippen molar-refractivity contribution in [2.24, 2.45) is 5.10 Å². The van der Waals surface area contributed by atoms with Crippen LogP contribution in [0.15, 0.2) is 45.5 Å². The molecule has 0 fully saturated rings. The minimum atomic E-state index is 0.312. The number of hydrogen-bond acceptors (Lipinski definition) is 2. The van der Waals surface area contributed by atoms with Gasteiger partial charge in [0.1, 0.15) is 0 Å². The van der Waals surface area contributed by atoms with Crippen LogP contribution in [-0.2, 0) is 11.3 Å². The SMILES string of the molecule is C/C(Cl)=C(Cl)\C=N/N(C=O)Cc1ccccc1. The van der Waals surface area contributed by atoms with Gasteiger partial charge in [0.05, 0.1) is 17.8 Å². The molecule has 0 aromatic heterocycles. The summed E-state index contributed by atoms with van der Waals surface area (Å²) in [5.74, 6) is 0. The third kappa shape index (κ3) is 5.02. The van der Waals surface area contributed by atoms with Gasteiger partial charge in [-0.2, -0.15) is 5.10 Å². The summed E-state index contributed by atoms with van der Waals surface area (Å²) >= 11 is 11.4. The number of rotatable bonds is 5. The van der Waals surface area contributed by atoms with Gasteiger partial charge in [0.2, 0.25) is 6.41 Å². The molecule has 0 saturated carbocycles. The van der Waals surface area contributed by atoms with Crippen LogP contribution >= 0.6 is 23.2 Å². The summed E-state index contributed by atoms with van der Waals surface area (Å²) in [5, 5.41) is 5.92. The van der Waals surface area contributed by atoms with Gasteiger partial charge in [-0.1, -0.05) is 53.5 Å².